The molecule has 2 fully saturated rings. The van der Waals surface area contributed by atoms with Gasteiger partial charge in [-0.05, 0) is 12.3 Å². The molecule has 2 heterocycles. The number of hydrogen-bond acceptors (Lipinski definition) is 4. The van der Waals surface area contributed by atoms with Gasteiger partial charge in [-0.15, -0.1) is 0 Å². The van der Waals surface area contributed by atoms with Crippen molar-refractivity contribution in [3.05, 3.63) is 0 Å². The lowest BCUT2D eigenvalue weighted by molar-refractivity contribution is -0.143. The lowest BCUT2D eigenvalue weighted by Crippen LogP contribution is -2.55. The van der Waals surface area contributed by atoms with Gasteiger partial charge < -0.3 is 14.7 Å². The van der Waals surface area contributed by atoms with Crippen molar-refractivity contribution < 1.29 is 19.4 Å². The van der Waals surface area contributed by atoms with E-state index < -0.39 is 11.9 Å². The van der Waals surface area contributed by atoms with Crippen LogP contribution in [-0.2, 0) is 14.3 Å². The third-order valence-corrected chi connectivity index (χ3v) is 5.04. The Morgan fingerprint density at radius 1 is 1.18 bits per heavy atom. The Kier molecular flexibility index (Phi) is 6.20. The third kappa shape index (κ3) is 3.79. The van der Waals surface area contributed by atoms with Gasteiger partial charge in [-0.3, -0.25) is 14.5 Å². The van der Waals surface area contributed by atoms with Crippen LogP contribution in [0.5, 0.6) is 0 Å². The van der Waals surface area contributed by atoms with Crippen molar-refractivity contribution in [2.75, 3.05) is 39.4 Å². The van der Waals surface area contributed by atoms with Crippen LogP contribution in [0, 0.1) is 11.8 Å². The highest BCUT2D eigenvalue weighted by Crippen LogP contribution is 2.25. The maximum Gasteiger partial charge on any atom is 0.308 e. The second kappa shape index (κ2) is 7.92. The first-order valence-electron chi connectivity index (χ1n) is 8.41. The van der Waals surface area contributed by atoms with E-state index in [1.54, 1.807) is 4.90 Å². The zero-order chi connectivity index (χ0) is 16.1. The van der Waals surface area contributed by atoms with E-state index in [1.165, 1.54) is 0 Å². The zero-order valence-corrected chi connectivity index (χ0v) is 13.7. The molecule has 0 aromatic rings. The normalized spacial score (nSPS) is 24.7. The van der Waals surface area contributed by atoms with Crippen LogP contribution in [0.2, 0.25) is 0 Å². The van der Waals surface area contributed by atoms with Crippen molar-refractivity contribution in [3.8, 4) is 0 Å². The van der Waals surface area contributed by atoms with Crippen LogP contribution in [0.15, 0.2) is 0 Å². The zero-order valence-electron chi connectivity index (χ0n) is 13.7. The van der Waals surface area contributed by atoms with Gasteiger partial charge in [0.15, 0.2) is 0 Å². The van der Waals surface area contributed by atoms with Gasteiger partial charge >= 0.3 is 5.97 Å². The summed E-state index contributed by atoms with van der Waals surface area (Å²) < 4.78 is 5.41. The highest BCUT2D eigenvalue weighted by Gasteiger charge is 2.39. The molecular formula is C16H28N2O4. The minimum atomic E-state index is -0.791. The number of carbonyl (C=O) groups excluding carboxylic acids is 1. The molecule has 2 atom stereocenters. The maximum atomic E-state index is 13.0. The molecule has 0 unspecified atom stereocenters. The summed E-state index contributed by atoms with van der Waals surface area (Å²) in [7, 11) is 0. The van der Waals surface area contributed by atoms with Crippen molar-refractivity contribution >= 4 is 11.9 Å². The largest absolute Gasteiger partial charge is 0.481 e. The van der Waals surface area contributed by atoms with Crippen LogP contribution < -0.4 is 0 Å². The molecule has 0 aliphatic carbocycles. The minimum Gasteiger partial charge on any atom is -0.481 e. The molecule has 1 N–H and O–H groups in total. The number of hydrogen-bond donors (Lipinski definition) is 1. The first-order chi connectivity index (χ1) is 10.6. The number of rotatable bonds is 6. The number of ether oxygens (including phenoxy) is 1. The SMILES string of the molecule is CCC(CC)[C@@H](C(=O)N1CC[C@H](C(=O)O)C1)N1CCOCC1. The summed E-state index contributed by atoms with van der Waals surface area (Å²) in [6.45, 7) is 8.07. The van der Waals surface area contributed by atoms with E-state index in [9.17, 15) is 9.59 Å². The lowest BCUT2D eigenvalue weighted by atomic mass is 9.91. The van der Waals surface area contributed by atoms with Gasteiger partial charge in [0, 0.05) is 26.2 Å². The molecule has 2 saturated heterocycles. The van der Waals surface area contributed by atoms with Gasteiger partial charge in [0.25, 0.3) is 0 Å². The number of likely N-dealkylation sites (tertiary alicyclic amines) is 1. The smallest absolute Gasteiger partial charge is 0.308 e. The van der Waals surface area contributed by atoms with Crippen LogP contribution in [0.4, 0.5) is 0 Å². The van der Waals surface area contributed by atoms with Gasteiger partial charge in [0.05, 0.1) is 25.2 Å². The fourth-order valence-electron chi connectivity index (χ4n) is 3.60. The Balaban J connectivity index is 2.10. The molecule has 126 valence electrons. The van der Waals surface area contributed by atoms with Crippen molar-refractivity contribution in [1.82, 2.24) is 9.80 Å². The van der Waals surface area contributed by atoms with Crippen molar-refractivity contribution in [3.63, 3.8) is 0 Å². The van der Waals surface area contributed by atoms with Crippen LogP contribution in [0.1, 0.15) is 33.1 Å². The molecule has 0 aromatic heterocycles. The average molecular weight is 312 g/mol. The number of carbonyl (C=O) groups is 2. The Labute approximate surface area is 132 Å². The molecule has 0 radical (unpaired) electrons. The van der Waals surface area contributed by atoms with E-state index in [4.69, 9.17) is 9.84 Å². The molecule has 2 aliphatic rings. The molecule has 6 heteroatoms. The van der Waals surface area contributed by atoms with E-state index in [-0.39, 0.29) is 11.9 Å². The monoisotopic (exact) mass is 312 g/mol. The maximum absolute atomic E-state index is 13.0. The summed E-state index contributed by atoms with van der Waals surface area (Å²) in [5.74, 6) is -0.773. The Bertz CT molecular complexity index is 392. The molecule has 2 rings (SSSR count). The number of morpholine rings is 1. The number of carboxylic acids is 1. The van der Waals surface area contributed by atoms with Gasteiger partial charge in [0.1, 0.15) is 0 Å². The number of carboxylic acid groups (broad SMARTS) is 1. The molecule has 0 spiro atoms. The second-order valence-corrected chi connectivity index (χ2v) is 6.28. The molecule has 0 aromatic carbocycles. The van der Waals surface area contributed by atoms with E-state index in [1.807, 2.05) is 0 Å². The molecular weight excluding hydrogens is 284 g/mol. The van der Waals surface area contributed by atoms with Gasteiger partial charge in [-0.25, -0.2) is 0 Å². The Morgan fingerprint density at radius 3 is 2.32 bits per heavy atom. The van der Waals surface area contributed by atoms with E-state index in [0.717, 1.165) is 25.9 Å². The summed E-state index contributed by atoms with van der Waals surface area (Å²) in [6.07, 6.45) is 2.49. The van der Waals surface area contributed by atoms with Crippen LogP contribution in [0.25, 0.3) is 0 Å². The third-order valence-electron chi connectivity index (χ3n) is 5.04. The standard InChI is InChI=1S/C16H28N2O4/c1-3-12(4-2)14(17-7-9-22-10-8-17)15(19)18-6-5-13(11-18)16(20)21/h12-14H,3-11H2,1-2H3,(H,20,21)/t13-,14-/m0/s1. The lowest BCUT2D eigenvalue weighted by Gasteiger charge is -2.39. The molecule has 0 saturated carbocycles. The summed E-state index contributed by atoms with van der Waals surface area (Å²) in [6, 6.07) is -0.133. The predicted octanol–water partition coefficient (Wildman–Crippen LogP) is 1.06. The number of amides is 1. The topological polar surface area (TPSA) is 70.1 Å². The van der Waals surface area contributed by atoms with Crippen LogP contribution in [-0.4, -0.2) is 72.2 Å². The molecule has 1 amide bonds. The predicted molar refractivity (Wildman–Crippen MR) is 82.6 cm³/mol. The molecule has 2 aliphatic heterocycles. The van der Waals surface area contributed by atoms with E-state index >= 15 is 0 Å². The summed E-state index contributed by atoms with van der Waals surface area (Å²) in [5, 5.41) is 9.14. The Morgan fingerprint density at radius 2 is 1.82 bits per heavy atom. The molecule has 6 nitrogen and oxygen atoms in total. The number of nitrogens with zero attached hydrogens (tertiary/aromatic N) is 2. The first-order valence-corrected chi connectivity index (χ1v) is 8.41. The average Bonchev–Trinajstić information content (AvgIpc) is 3.03. The highest BCUT2D eigenvalue weighted by molar-refractivity contribution is 5.83. The number of aliphatic carboxylic acids is 1. The van der Waals surface area contributed by atoms with E-state index in [0.29, 0.717) is 38.6 Å². The summed E-state index contributed by atoms with van der Waals surface area (Å²) >= 11 is 0. The van der Waals surface area contributed by atoms with E-state index in [2.05, 4.69) is 18.7 Å². The molecule has 0 bridgehead atoms. The van der Waals surface area contributed by atoms with Crippen LogP contribution in [0.3, 0.4) is 0 Å². The summed E-state index contributed by atoms with van der Waals surface area (Å²) in [5.41, 5.74) is 0. The second-order valence-electron chi connectivity index (χ2n) is 6.28. The van der Waals surface area contributed by atoms with Gasteiger partial charge in [-0.2, -0.15) is 0 Å². The quantitative estimate of drug-likeness (QED) is 0.794. The van der Waals surface area contributed by atoms with Crippen LogP contribution >= 0.6 is 0 Å². The fourth-order valence-corrected chi connectivity index (χ4v) is 3.60. The van der Waals surface area contributed by atoms with Gasteiger partial charge in [0.2, 0.25) is 5.91 Å². The van der Waals surface area contributed by atoms with Crippen molar-refractivity contribution in [2.24, 2.45) is 11.8 Å². The fraction of sp³-hybridized carbons (Fsp3) is 0.875. The highest BCUT2D eigenvalue weighted by atomic mass is 16.5. The first kappa shape index (κ1) is 17.2. The Hall–Kier alpha value is -1.14. The molecule has 22 heavy (non-hydrogen) atoms. The van der Waals surface area contributed by atoms with Crippen molar-refractivity contribution in [2.45, 2.75) is 39.2 Å². The minimum absolute atomic E-state index is 0.111. The summed E-state index contributed by atoms with van der Waals surface area (Å²) in [4.78, 5) is 28.1. The van der Waals surface area contributed by atoms with Crippen molar-refractivity contribution in [1.29, 1.82) is 0 Å². The van der Waals surface area contributed by atoms with Gasteiger partial charge in [-0.1, -0.05) is 26.7 Å².